The third-order valence-corrected chi connectivity index (χ3v) is 29.9. The lowest BCUT2D eigenvalue weighted by atomic mass is 9.95. The summed E-state index contributed by atoms with van der Waals surface area (Å²) in [6.07, 6.45) is 0. The predicted molar refractivity (Wildman–Crippen MR) is 579 cm³/mol. The summed E-state index contributed by atoms with van der Waals surface area (Å²) >= 11 is 0. The van der Waals surface area contributed by atoms with Crippen molar-refractivity contribution < 1.29 is 73.4 Å². The van der Waals surface area contributed by atoms with Crippen LogP contribution in [-0.2, 0) is 29.5 Å². The van der Waals surface area contributed by atoms with Crippen LogP contribution in [0, 0.1) is 18.6 Å². The summed E-state index contributed by atoms with van der Waals surface area (Å²) in [4.78, 5) is 20.1. The molecule has 4 N–H and O–H groups in total. The van der Waals surface area contributed by atoms with Crippen molar-refractivity contribution in [3.8, 4) is 175 Å². The van der Waals surface area contributed by atoms with E-state index in [4.69, 9.17) is 38.9 Å². The van der Waals surface area contributed by atoms with Gasteiger partial charge in [0.15, 0.2) is 0 Å². The highest BCUT2D eigenvalue weighted by Crippen LogP contribution is 2.45. The van der Waals surface area contributed by atoms with Crippen LogP contribution in [0.5, 0.6) is 63.2 Å². The predicted octanol–water partition coefficient (Wildman–Crippen LogP) is 30.6. The maximum atomic E-state index is 14.0. The maximum Gasteiger partial charge on any atom is 0.206 e. The molecule has 20 aromatic carbocycles. The first-order valence-corrected chi connectivity index (χ1v) is 51.5. The van der Waals surface area contributed by atoms with E-state index in [1.54, 1.807) is 128 Å². The number of halogens is 2. The first kappa shape index (κ1) is 98.9. The fourth-order valence-corrected chi connectivity index (χ4v) is 20.5. The molecule has 0 saturated carbocycles. The van der Waals surface area contributed by atoms with Gasteiger partial charge in [-0.3, -0.25) is 0 Å². The van der Waals surface area contributed by atoms with Gasteiger partial charge in [-0.1, -0.05) is 188 Å². The average molecular weight is 2020 g/mol. The van der Waals surface area contributed by atoms with E-state index >= 15 is 0 Å². The molecule has 0 bridgehead atoms. The quantitative estimate of drug-likeness (QED) is 0.0433. The summed E-state index contributed by atoms with van der Waals surface area (Å²) in [5.74, 6) is 3.79. The normalized spacial score (nSPS) is 11.2. The second-order valence-electron chi connectivity index (χ2n) is 34.5. The van der Waals surface area contributed by atoms with Crippen molar-refractivity contribution in [3.05, 3.63) is 503 Å². The molecule has 2 heterocycles. The van der Waals surface area contributed by atoms with Crippen molar-refractivity contribution in [2.24, 2.45) is 0 Å². The molecule has 0 aliphatic rings. The van der Waals surface area contributed by atoms with Crippen molar-refractivity contribution in [2.75, 3.05) is 7.11 Å². The molecule has 18 nitrogen and oxygen atoms in total. The number of ether oxygens (including phenoxy) is 4. The van der Waals surface area contributed by atoms with E-state index in [1.165, 1.54) is 36.4 Å². The lowest BCUT2D eigenvalue weighted by Crippen LogP contribution is -2.02. The third kappa shape index (κ3) is 23.0. The van der Waals surface area contributed by atoms with Gasteiger partial charge in [0.05, 0.1) is 81.3 Å². The number of aromatic hydroxyl groups is 4. The van der Waals surface area contributed by atoms with Crippen LogP contribution in [0.25, 0.3) is 134 Å². The van der Waals surface area contributed by atoms with Gasteiger partial charge in [-0.25, -0.2) is 54.0 Å². The van der Waals surface area contributed by atoms with Crippen molar-refractivity contribution in [1.29, 1.82) is 0 Å². The van der Waals surface area contributed by atoms with Gasteiger partial charge >= 0.3 is 0 Å². The highest BCUT2D eigenvalue weighted by atomic mass is 32.2. The molecular formula is C126H90F2N4O14S3. The molecule has 0 spiro atoms. The van der Waals surface area contributed by atoms with Gasteiger partial charge in [-0.2, -0.15) is 0 Å². The van der Waals surface area contributed by atoms with Crippen LogP contribution in [0.4, 0.5) is 8.78 Å². The number of fused-ring (bicyclic) bond motifs is 2. The summed E-state index contributed by atoms with van der Waals surface area (Å²) in [5, 5.41) is 39.6. The Balaban J connectivity index is 0.000000165. The molecule has 22 rings (SSSR count). The summed E-state index contributed by atoms with van der Waals surface area (Å²) < 4.78 is 129. The highest BCUT2D eigenvalue weighted by Gasteiger charge is 2.25. The molecule has 0 aliphatic heterocycles. The van der Waals surface area contributed by atoms with Crippen molar-refractivity contribution in [1.82, 2.24) is 19.9 Å². The lowest BCUT2D eigenvalue weighted by Gasteiger charge is -2.16. The molecule has 0 aliphatic carbocycles. The van der Waals surface area contributed by atoms with Gasteiger partial charge in [-0.15, -0.1) is 0 Å². The number of rotatable bonds is 23. The van der Waals surface area contributed by atoms with Crippen LogP contribution in [0.2, 0.25) is 0 Å². The molecule has 0 fully saturated rings. The van der Waals surface area contributed by atoms with E-state index in [0.717, 1.165) is 169 Å². The average Bonchev–Trinajstić information content (AvgIpc) is 0.782. The molecule has 0 atom stereocenters. The zero-order valence-corrected chi connectivity index (χ0v) is 82.3. The van der Waals surface area contributed by atoms with E-state index in [2.05, 4.69) is 12.1 Å². The van der Waals surface area contributed by atoms with E-state index in [9.17, 15) is 54.5 Å². The Hall–Kier alpha value is -18.8. The third-order valence-electron chi connectivity index (χ3n) is 24.5. The Kier molecular flexibility index (Phi) is 29.3. The lowest BCUT2D eigenvalue weighted by molar-refractivity contribution is 0.415. The number of para-hydroxylation sites is 4. The summed E-state index contributed by atoms with van der Waals surface area (Å²) in [6, 6.07) is 142. The fraction of sp³-hybridized carbons (Fsp3) is 0.0159. The fourth-order valence-electron chi connectivity index (χ4n) is 16.7. The Morgan fingerprint density at radius 3 is 0.725 bits per heavy atom. The Bertz CT molecular complexity index is 8700. The van der Waals surface area contributed by atoms with Crippen LogP contribution in [-0.4, -0.2) is 72.7 Å². The smallest absolute Gasteiger partial charge is 0.206 e. The number of phenols is 4. The van der Waals surface area contributed by atoms with Crippen LogP contribution < -0.4 is 18.9 Å². The van der Waals surface area contributed by atoms with Crippen molar-refractivity contribution in [2.45, 2.75) is 36.3 Å². The standard InChI is InChI=1S/C70H50N2O8S2.C24H18O2.C20H14N2O2.C12H8F2O2S/c1-47-17-35-59(36-18-47)81(73,74)61-39-31-57(32-40-61)79-67-43-23-52(45-63(67)48-11-5-3-6-12-48)53-24-44-68(64(46-53)49-13-7-4-8-14-49)80-58-33-41-62(42-34-58)82(75,76)60-37-29-56(30-38-60)78-55-27-21-51(22-28-55)70-69(50-19-25-54(77-2)26-20-50)71-65-15-9-10-16-66(65)72-70;25-23-13-11-19(15-21(23)17-7-3-1-4-8-17)20-12-14-24(26)22(16-20)18-9-5-2-6-10-18;23-15-9-5-13(6-10-15)19-20(14-7-11-16(24)12-8-14)22-18-4-2-1-3-17(18)21-19;13-9-1-5-11(6-2-9)17(15,16)12-7-3-10(14)4-8-12/h3-46H,1-2H3;1-16,25-26H;1-12,23-24H;1-8H. The van der Waals surface area contributed by atoms with Crippen LogP contribution in [0.3, 0.4) is 0 Å². The number of benzene rings is 20. The van der Waals surface area contributed by atoms with Gasteiger partial charge in [0.1, 0.15) is 74.9 Å². The number of nitrogens with zero attached hydrogens (tertiary/aromatic N) is 4. The summed E-state index contributed by atoms with van der Waals surface area (Å²) in [6.45, 7) is 1.92. The van der Waals surface area contributed by atoms with E-state index in [-0.39, 0.29) is 52.4 Å². The number of aryl methyl sites for hydroxylation is 1. The molecule has 0 saturated heterocycles. The van der Waals surface area contributed by atoms with Crippen LogP contribution in [0.1, 0.15) is 5.56 Å². The van der Waals surface area contributed by atoms with E-state index in [0.29, 0.717) is 34.5 Å². The van der Waals surface area contributed by atoms with E-state index < -0.39 is 41.1 Å². The first-order valence-electron chi connectivity index (χ1n) is 47.1. The molecule has 0 amide bonds. The van der Waals surface area contributed by atoms with Gasteiger partial charge in [0.2, 0.25) is 29.5 Å². The number of methoxy groups -OCH3 is 1. The summed E-state index contributed by atoms with van der Waals surface area (Å²) in [7, 11) is -9.70. The molecular weight excluding hydrogens is 1930 g/mol. The number of aromatic nitrogens is 4. The molecule has 2 aromatic heterocycles. The van der Waals surface area contributed by atoms with Crippen molar-refractivity contribution >= 4 is 51.6 Å². The molecule has 23 heteroatoms. The van der Waals surface area contributed by atoms with E-state index in [1.807, 2.05) is 298 Å². The minimum atomic E-state index is -3.91. The number of phenolic OH excluding ortho intramolecular Hbond substituents is 4. The molecule has 0 unspecified atom stereocenters. The maximum absolute atomic E-state index is 14.0. The topological polar surface area (TPSA) is 272 Å². The zero-order chi connectivity index (χ0) is 103. The Morgan fingerprint density at radius 1 is 0.215 bits per heavy atom. The van der Waals surface area contributed by atoms with Crippen LogP contribution >= 0.6 is 0 Å². The minimum Gasteiger partial charge on any atom is -0.508 e. The van der Waals surface area contributed by atoms with Gasteiger partial charge < -0.3 is 39.4 Å². The van der Waals surface area contributed by atoms with Gasteiger partial charge in [-0.05, 0) is 355 Å². The summed E-state index contributed by atoms with van der Waals surface area (Å²) in [5.41, 5.74) is 21.4. The molecule has 0 radical (unpaired) electrons. The van der Waals surface area contributed by atoms with Crippen molar-refractivity contribution in [3.63, 3.8) is 0 Å². The second kappa shape index (κ2) is 44.2. The minimum absolute atomic E-state index is 0.0227. The Morgan fingerprint density at radius 2 is 0.436 bits per heavy atom. The second-order valence-corrected chi connectivity index (χ2v) is 40.3. The monoisotopic (exact) mass is 2020 g/mol. The Labute approximate surface area is 859 Å². The number of hydrogen-bond acceptors (Lipinski definition) is 18. The molecule has 149 heavy (non-hydrogen) atoms. The number of hydrogen-bond donors (Lipinski definition) is 4. The SMILES string of the molecule is COc1ccc(-c2nc3ccccc3nc2-c2ccc(Oc3ccc(S(=O)(=O)c4ccc(Oc5ccc(-c6ccc(Oc7ccc(S(=O)(=O)c8ccc(C)cc8)cc7)c(-c7ccccc7)c6)cc5-c5ccccc5)cc4)cc3)cc2)cc1.O=S(=O)(c1ccc(F)cc1)c1ccc(F)cc1.Oc1ccc(-c2ccc(O)c(-c3ccccc3)c2)cc1-c1ccccc1.Oc1ccc(-c2nc3ccccc3nc2-c2ccc(O)cc2)cc1. The first-order chi connectivity index (χ1) is 72.4. The van der Waals surface area contributed by atoms with Crippen LogP contribution in [0.15, 0.2) is 515 Å². The highest BCUT2D eigenvalue weighted by molar-refractivity contribution is 7.92. The molecule has 22 aromatic rings. The zero-order valence-electron chi connectivity index (χ0n) is 79.8. The number of sulfone groups is 3. The van der Waals surface area contributed by atoms with Gasteiger partial charge in [0.25, 0.3) is 0 Å². The molecule has 730 valence electrons. The largest absolute Gasteiger partial charge is 0.508 e. The van der Waals surface area contributed by atoms with Gasteiger partial charge in [0, 0.05) is 44.5 Å².